The van der Waals surface area contributed by atoms with E-state index in [1.807, 2.05) is 72.8 Å². The van der Waals surface area contributed by atoms with Crippen LogP contribution in [0.2, 0.25) is 0 Å². The van der Waals surface area contributed by atoms with E-state index in [-0.39, 0.29) is 12.5 Å². The van der Waals surface area contributed by atoms with Crippen molar-refractivity contribution in [2.75, 3.05) is 23.8 Å². The third-order valence-corrected chi connectivity index (χ3v) is 5.98. The van der Waals surface area contributed by atoms with Gasteiger partial charge in [0.15, 0.2) is 5.13 Å². The van der Waals surface area contributed by atoms with Crippen molar-refractivity contribution < 1.29 is 4.79 Å². The fourth-order valence-corrected chi connectivity index (χ4v) is 4.31. The summed E-state index contributed by atoms with van der Waals surface area (Å²) in [6.45, 7) is 2.22. The molecule has 0 fully saturated rings. The number of nitrogens with one attached hydrogen (secondary N) is 1. The molecule has 0 aliphatic heterocycles. The van der Waals surface area contributed by atoms with Crippen LogP contribution in [-0.4, -0.2) is 29.5 Å². The standard InChI is InChI=1S/C20H18N4OS2/c1-13-21-17(12-26-13)14-6-5-7-15(10-14)22-19(25)11-24(2)20-23-16-8-3-4-9-18(16)27-20/h3-10,12H,11H2,1-2H3,(H,22,25). The number of aromatic nitrogens is 2. The molecule has 2 aromatic heterocycles. The number of amides is 1. The van der Waals surface area contributed by atoms with Crippen LogP contribution in [0.4, 0.5) is 10.8 Å². The van der Waals surface area contributed by atoms with Crippen molar-refractivity contribution in [1.82, 2.24) is 9.97 Å². The van der Waals surface area contributed by atoms with Gasteiger partial charge in [-0.2, -0.15) is 0 Å². The number of hydrogen-bond acceptors (Lipinski definition) is 6. The lowest BCUT2D eigenvalue weighted by atomic mass is 10.1. The van der Waals surface area contributed by atoms with Gasteiger partial charge in [-0.3, -0.25) is 4.79 Å². The van der Waals surface area contributed by atoms with Crippen LogP contribution in [0.1, 0.15) is 5.01 Å². The molecule has 2 aromatic carbocycles. The smallest absolute Gasteiger partial charge is 0.243 e. The number of carbonyl (C=O) groups excluding carboxylic acids is 1. The lowest BCUT2D eigenvalue weighted by molar-refractivity contribution is -0.114. The van der Waals surface area contributed by atoms with Crippen LogP contribution >= 0.6 is 22.7 Å². The largest absolute Gasteiger partial charge is 0.342 e. The Morgan fingerprint density at radius 1 is 1.15 bits per heavy atom. The van der Waals surface area contributed by atoms with E-state index in [2.05, 4.69) is 15.3 Å². The average molecular weight is 395 g/mol. The topological polar surface area (TPSA) is 58.1 Å². The first-order chi connectivity index (χ1) is 13.1. The molecule has 0 bridgehead atoms. The van der Waals surface area contributed by atoms with Crippen LogP contribution in [0.3, 0.4) is 0 Å². The zero-order valence-corrected chi connectivity index (χ0v) is 16.6. The van der Waals surface area contributed by atoms with Gasteiger partial charge in [-0.1, -0.05) is 35.6 Å². The maximum atomic E-state index is 12.5. The number of anilines is 2. The van der Waals surface area contributed by atoms with E-state index in [9.17, 15) is 4.79 Å². The number of fused-ring (bicyclic) bond motifs is 1. The van der Waals surface area contributed by atoms with Gasteiger partial charge in [0.2, 0.25) is 5.91 Å². The van der Waals surface area contributed by atoms with Gasteiger partial charge in [-0.25, -0.2) is 9.97 Å². The first kappa shape index (κ1) is 17.6. The van der Waals surface area contributed by atoms with Gasteiger partial charge in [0, 0.05) is 23.7 Å². The van der Waals surface area contributed by atoms with Crippen molar-refractivity contribution in [3.63, 3.8) is 0 Å². The first-order valence-electron chi connectivity index (χ1n) is 8.47. The minimum Gasteiger partial charge on any atom is -0.342 e. The first-order valence-corrected chi connectivity index (χ1v) is 10.2. The minimum absolute atomic E-state index is 0.0802. The highest BCUT2D eigenvalue weighted by molar-refractivity contribution is 7.22. The molecule has 0 spiro atoms. The highest BCUT2D eigenvalue weighted by Gasteiger charge is 2.12. The number of benzene rings is 2. The van der Waals surface area contributed by atoms with E-state index < -0.39 is 0 Å². The Kier molecular flexibility index (Phi) is 4.87. The SMILES string of the molecule is Cc1nc(-c2cccc(NC(=O)CN(C)c3nc4ccccc4s3)c2)cs1. The molecule has 4 aromatic rings. The normalized spacial score (nSPS) is 10.9. The van der Waals surface area contributed by atoms with Crippen molar-refractivity contribution in [3.05, 3.63) is 58.9 Å². The summed E-state index contributed by atoms with van der Waals surface area (Å²) in [6, 6.07) is 15.7. The molecule has 0 radical (unpaired) electrons. The molecule has 0 saturated carbocycles. The molecular weight excluding hydrogens is 376 g/mol. The summed E-state index contributed by atoms with van der Waals surface area (Å²) in [6.07, 6.45) is 0. The van der Waals surface area contributed by atoms with Gasteiger partial charge in [0.25, 0.3) is 0 Å². The van der Waals surface area contributed by atoms with E-state index >= 15 is 0 Å². The van der Waals surface area contributed by atoms with Crippen LogP contribution in [0.15, 0.2) is 53.9 Å². The van der Waals surface area contributed by atoms with E-state index in [1.165, 1.54) is 0 Å². The Bertz CT molecular complexity index is 1070. The van der Waals surface area contributed by atoms with Crippen molar-refractivity contribution in [2.45, 2.75) is 6.92 Å². The van der Waals surface area contributed by atoms with Crippen molar-refractivity contribution in [3.8, 4) is 11.3 Å². The number of nitrogens with zero attached hydrogens (tertiary/aromatic N) is 3. The highest BCUT2D eigenvalue weighted by Crippen LogP contribution is 2.28. The summed E-state index contributed by atoms with van der Waals surface area (Å²) in [4.78, 5) is 23.4. The molecule has 0 aliphatic carbocycles. The molecule has 0 saturated heterocycles. The number of rotatable bonds is 5. The Morgan fingerprint density at radius 2 is 2.00 bits per heavy atom. The molecule has 27 heavy (non-hydrogen) atoms. The average Bonchev–Trinajstić information content (AvgIpc) is 3.28. The number of aryl methyl sites for hydroxylation is 1. The summed E-state index contributed by atoms with van der Waals surface area (Å²) >= 11 is 3.20. The second-order valence-electron chi connectivity index (χ2n) is 6.20. The monoisotopic (exact) mass is 394 g/mol. The van der Waals surface area contributed by atoms with Gasteiger partial charge in [-0.15, -0.1) is 11.3 Å². The summed E-state index contributed by atoms with van der Waals surface area (Å²) in [7, 11) is 1.88. The minimum atomic E-state index is -0.0802. The third-order valence-electron chi connectivity index (χ3n) is 4.05. The van der Waals surface area contributed by atoms with Crippen LogP contribution < -0.4 is 10.2 Å². The second kappa shape index (κ2) is 7.46. The molecule has 4 rings (SSSR count). The number of hydrogen-bond donors (Lipinski definition) is 1. The van der Waals surface area contributed by atoms with E-state index in [0.29, 0.717) is 0 Å². The highest BCUT2D eigenvalue weighted by atomic mass is 32.1. The zero-order valence-electron chi connectivity index (χ0n) is 15.0. The Labute approximate surface area is 165 Å². The lowest BCUT2D eigenvalue weighted by Crippen LogP contribution is -2.29. The van der Waals surface area contributed by atoms with Gasteiger partial charge < -0.3 is 10.2 Å². The summed E-state index contributed by atoms with van der Waals surface area (Å²) < 4.78 is 1.12. The van der Waals surface area contributed by atoms with Gasteiger partial charge in [0.1, 0.15) is 0 Å². The molecular formula is C20H18N4OS2. The van der Waals surface area contributed by atoms with Gasteiger partial charge in [-0.05, 0) is 31.2 Å². The number of thiazole rings is 2. The van der Waals surface area contributed by atoms with E-state index in [0.717, 1.165) is 37.3 Å². The second-order valence-corrected chi connectivity index (χ2v) is 8.27. The van der Waals surface area contributed by atoms with Gasteiger partial charge in [0.05, 0.1) is 27.5 Å². The molecule has 136 valence electrons. The van der Waals surface area contributed by atoms with Crippen molar-refractivity contribution >= 4 is 49.6 Å². The number of para-hydroxylation sites is 1. The zero-order chi connectivity index (χ0) is 18.8. The predicted octanol–water partition coefficient (Wildman–Crippen LogP) is 4.80. The number of likely N-dealkylation sites (N-methyl/N-ethyl adjacent to an activating group) is 1. The van der Waals surface area contributed by atoms with Gasteiger partial charge >= 0.3 is 0 Å². The maximum Gasteiger partial charge on any atom is 0.243 e. The molecule has 2 heterocycles. The molecule has 0 unspecified atom stereocenters. The molecule has 0 atom stereocenters. The lowest BCUT2D eigenvalue weighted by Gasteiger charge is -2.15. The van der Waals surface area contributed by atoms with Crippen LogP contribution in [-0.2, 0) is 4.79 Å². The Hall–Kier alpha value is -2.77. The molecule has 1 N–H and O–H groups in total. The van der Waals surface area contributed by atoms with E-state index in [1.54, 1.807) is 22.7 Å². The van der Waals surface area contributed by atoms with Crippen LogP contribution in [0.25, 0.3) is 21.5 Å². The summed E-state index contributed by atoms with van der Waals surface area (Å²) in [5.74, 6) is -0.0802. The van der Waals surface area contributed by atoms with Crippen molar-refractivity contribution in [2.24, 2.45) is 0 Å². The van der Waals surface area contributed by atoms with Crippen LogP contribution in [0, 0.1) is 6.92 Å². The molecule has 5 nitrogen and oxygen atoms in total. The summed E-state index contributed by atoms with van der Waals surface area (Å²) in [5.41, 5.74) is 3.65. The van der Waals surface area contributed by atoms with E-state index in [4.69, 9.17) is 0 Å². The fourth-order valence-electron chi connectivity index (χ4n) is 2.76. The number of carbonyl (C=O) groups is 1. The van der Waals surface area contributed by atoms with Crippen LogP contribution in [0.5, 0.6) is 0 Å². The maximum absolute atomic E-state index is 12.5. The molecule has 0 aliphatic rings. The molecule has 7 heteroatoms. The molecule has 1 amide bonds. The quantitative estimate of drug-likeness (QED) is 0.528. The summed E-state index contributed by atoms with van der Waals surface area (Å²) in [5, 5.41) is 6.85. The Morgan fingerprint density at radius 3 is 2.78 bits per heavy atom. The fraction of sp³-hybridized carbons (Fsp3) is 0.150. The van der Waals surface area contributed by atoms with Crippen molar-refractivity contribution in [1.29, 1.82) is 0 Å². The Balaban J connectivity index is 1.44. The third kappa shape index (κ3) is 3.99. The predicted molar refractivity (Wildman–Crippen MR) is 114 cm³/mol.